The third-order valence-corrected chi connectivity index (χ3v) is 3.11. The van der Waals surface area contributed by atoms with Crippen molar-refractivity contribution in [1.29, 1.82) is 0 Å². The third kappa shape index (κ3) is 2.56. The van der Waals surface area contributed by atoms with Crippen molar-refractivity contribution < 1.29 is 17.6 Å². The zero-order valence-electron chi connectivity index (χ0n) is 10.3. The van der Waals surface area contributed by atoms with Crippen LogP contribution in [-0.2, 0) is 0 Å². The van der Waals surface area contributed by atoms with E-state index in [0.717, 1.165) is 6.20 Å². The van der Waals surface area contributed by atoms with Gasteiger partial charge in [0.25, 0.3) is 6.43 Å². The first-order chi connectivity index (χ1) is 10.1. The van der Waals surface area contributed by atoms with Crippen LogP contribution in [0.25, 0.3) is 22.7 Å². The van der Waals surface area contributed by atoms with E-state index in [9.17, 15) is 13.2 Å². The minimum Gasteiger partial charge on any atom is -0.418 e. The van der Waals surface area contributed by atoms with Crippen LogP contribution in [0.2, 0.25) is 5.02 Å². The maximum absolute atomic E-state index is 13.3. The molecule has 3 heterocycles. The fraction of sp³-hybridized carbons (Fsp3) is 0.154. The predicted molar refractivity (Wildman–Crippen MR) is 69.9 cm³/mol. The zero-order chi connectivity index (χ0) is 15.0. The second kappa shape index (κ2) is 5.33. The molecule has 0 spiro atoms. The molecule has 0 aliphatic carbocycles. The van der Waals surface area contributed by atoms with E-state index in [-0.39, 0.29) is 22.7 Å². The second-order valence-electron chi connectivity index (χ2n) is 4.20. The zero-order valence-corrected chi connectivity index (χ0v) is 11.1. The van der Waals surface area contributed by atoms with E-state index in [0.29, 0.717) is 10.6 Å². The highest BCUT2D eigenvalue weighted by Crippen LogP contribution is 2.30. The summed E-state index contributed by atoms with van der Waals surface area (Å²) in [6.07, 6.45) is -1.61. The van der Waals surface area contributed by atoms with Gasteiger partial charge < -0.3 is 4.42 Å². The maximum atomic E-state index is 13.3. The summed E-state index contributed by atoms with van der Waals surface area (Å²) in [6, 6.07) is 2.77. The van der Waals surface area contributed by atoms with Gasteiger partial charge in [0, 0.05) is 24.2 Å². The van der Waals surface area contributed by atoms with Crippen LogP contribution in [0.5, 0.6) is 0 Å². The van der Waals surface area contributed by atoms with Gasteiger partial charge in [0.05, 0.1) is 10.6 Å². The molecule has 21 heavy (non-hydrogen) atoms. The molecule has 3 aromatic rings. The van der Waals surface area contributed by atoms with Crippen LogP contribution >= 0.6 is 11.6 Å². The molecule has 0 amide bonds. The number of alkyl halides is 3. The van der Waals surface area contributed by atoms with Crippen molar-refractivity contribution in [1.82, 2.24) is 15.0 Å². The molecule has 1 unspecified atom stereocenters. The van der Waals surface area contributed by atoms with Crippen LogP contribution in [0, 0.1) is 0 Å². The number of halogens is 4. The van der Waals surface area contributed by atoms with Crippen molar-refractivity contribution in [3.63, 3.8) is 0 Å². The van der Waals surface area contributed by atoms with Crippen molar-refractivity contribution in [3.05, 3.63) is 41.3 Å². The van der Waals surface area contributed by atoms with Gasteiger partial charge in [-0.15, -0.1) is 0 Å². The summed E-state index contributed by atoms with van der Waals surface area (Å²) in [5.41, 5.74) is 0.525. The van der Waals surface area contributed by atoms with E-state index in [1.54, 1.807) is 6.07 Å². The van der Waals surface area contributed by atoms with E-state index in [4.69, 9.17) is 16.0 Å². The second-order valence-corrected chi connectivity index (χ2v) is 4.61. The molecular weight excluding hydrogens is 307 g/mol. The van der Waals surface area contributed by atoms with Gasteiger partial charge in [-0.25, -0.2) is 23.1 Å². The molecule has 8 heteroatoms. The summed E-state index contributed by atoms with van der Waals surface area (Å²) in [6.45, 7) is 0. The Hall–Kier alpha value is -2.15. The van der Waals surface area contributed by atoms with Gasteiger partial charge in [-0.3, -0.25) is 4.98 Å². The minimum atomic E-state index is -3.12. The first-order valence-corrected chi connectivity index (χ1v) is 6.22. The Morgan fingerprint density at radius 2 is 2.00 bits per heavy atom. The molecule has 0 bridgehead atoms. The molecule has 0 aromatic carbocycles. The van der Waals surface area contributed by atoms with E-state index < -0.39 is 12.6 Å². The molecular formula is C13H7ClF3N3O. The van der Waals surface area contributed by atoms with Crippen molar-refractivity contribution in [2.75, 3.05) is 0 Å². The van der Waals surface area contributed by atoms with Crippen molar-refractivity contribution in [2.45, 2.75) is 12.6 Å². The fourth-order valence-electron chi connectivity index (χ4n) is 1.80. The summed E-state index contributed by atoms with van der Waals surface area (Å²) in [4.78, 5) is 11.7. The van der Waals surface area contributed by atoms with Crippen molar-refractivity contribution in [3.8, 4) is 11.5 Å². The molecule has 0 radical (unpaired) electrons. The summed E-state index contributed by atoms with van der Waals surface area (Å²) in [5.74, 6) is 0.162. The number of fused-ring (bicyclic) bond motifs is 1. The largest absolute Gasteiger partial charge is 0.418 e. The minimum absolute atomic E-state index is 0.114. The quantitative estimate of drug-likeness (QED) is 0.726. The lowest BCUT2D eigenvalue weighted by atomic mass is 10.2. The van der Waals surface area contributed by atoms with E-state index in [2.05, 4.69) is 15.0 Å². The van der Waals surface area contributed by atoms with E-state index in [1.165, 1.54) is 18.5 Å². The Kier molecular flexibility index (Phi) is 3.50. The molecule has 108 valence electrons. The van der Waals surface area contributed by atoms with Crippen LogP contribution in [-0.4, -0.2) is 21.4 Å². The number of hydrogen-bond acceptors (Lipinski definition) is 4. The van der Waals surface area contributed by atoms with Crippen molar-refractivity contribution in [2.24, 2.45) is 0 Å². The van der Waals surface area contributed by atoms with Crippen molar-refractivity contribution >= 4 is 22.8 Å². The van der Waals surface area contributed by atoms with E-state index in [1.807, 2.05) is 0 Å². The van der Waals surface area contributed by atoms with E-state index >= 15 is 0 Å². The number of nitrogens with zero attached hydrogens (tertiary/aromatic N) is 3. The van der Waals surface area contributed by atoms with Crippen LogP contribution in [0.1, 0.15) is 11.7 Å². The first-order valence-electron chi connectivity index (χ1n) is 5.85. The molecule has 0 fully saturated rings. The van der Waals surface area contributed by atoms with Gasteiger partial charge in [-0.1, -0.05) is 11.6 Å². The van der Waals surface area contributed by atoms with Gasteiger partial charge in [-0.05, 0) is 12.1 Å². The summed E-state index contributed by atoms with van der Waals surface area (Å²) in [7, 11) is 0. The monoisotopic (exact) mass is 313 g/mol. The molecule has 3 rings (SSSR count). The van der Waals surface area contributed by atoms with Gasteiger partial charge in [0.2, 0.25) is 11.6 Å². The number of pyridine rings is 2. The number of aromatic nitrogens is 3. The standard InChI is InChI=1S/C13H7ClF3N3O/c14-8-5-18-2-1-7(8)12-20-9-3-6(10(15)11(16)17)4-19-13(9)21-12/h1-5,10-11H. The SMILES string of the molecule is FC(F)C(F)c1cnc2oc(-c3ccncc3Cl)nc2c1. The smallest absolute Gasteiger partial charge is 0.273 e. The first kappa shape index (κ1) is 13.8. The molecule has 3 aromatic heterocycles. The fourth-order valence-corrected chi connectivity index (χ4v) is 2.00. The lowest BCUT2D eigenvalue weighted by molar-refractivity contribution is 0.0494. The average Bonchev–Trinajstić information content (AvgIpc) is 2.89. The average molecular weight is 314 g/mol. The Labute approximate surface area is 121 Å². The number of hydrogen-bond donors (Lipinski definition) is 0. The summed E-state index contributed by atoms with van der Waals surface area (Å²) < 4.78 is 43.4. The van der Waals surface area contributed by atoms with Crippen LogP contribution in [0.4, 0.5) is 13.2 Å². The lowest BCUT2D eigenvalue weighted by Crippen LogP contribution is -2.03. The third-order valence-electron chi connectivity index (χ3n) is 2.81. The molecule has 0 aliphatic rings. The van der Waals surface area contributed by atoms with Gasteiger partial charge >= 0.3 is 0 Å². The van der Waals surface area contributed by atoms with Gasteiger partial charge in [0.15, 0.2) is 6.17 Å². The van der Waals surface area contributed by atoms with Crippen LogP contribution in [0.3, 0.4) is 0 Å². The van der Waals surface area contributed by atoms with Gasteiger partial charge in [-0.2, -0.15) is 0 Å². The Morgan fingerprint density at radius 3 is 2.71 bits per heavy atom. The maximum Gasteiger partial charge on any atom is 0.273 e. The highest BCUT2D eigenvalue weighted by molar-refractivity contribution is 6.33. The Balaban J connectivity index is 2.07. The normalized spacial score (nSPS) is 13.0. The summed E-state index contributed by atoms with van der Waals surface area (Å²) in [5, 5.41) is 0.320. The molecule has 0 saturated carbocycles. The van der Waals surface area contributed by atoms with Crippen LogP contribution < -0.4 is 0 Å². The lowest BCUT2D eigenvalue weighted by Gasteiger charge is -2.05. The summed E-state index contributed by atoms with van der Waals surface area (Å²) >= 11 is 5.97. The predicted octanol–water partition coefficient (Wildman–Crippen LogP) is 4.21. The van der Waals surface area contributed by atoms with Crippen LogP contribution in [0.15, 0.2) is 35.1 Å². The van der Waals surface area contributed by atoms with Gasteiger partial charge in [0.1, 0.15) is 5.52 Å². The molecule has 0 N–H and O–H groups in total. The highest BCUT2D eigenvalue weighted by Gasteiger charge is 2.23. The number of oxazole rings is 1. The highest BCUT2D eigenvalue weighted by atomic mass is 35.5. The molecule has 0 aliphatic heterocycles. The molecule has 0 saturated heterocycles. The molecule has 1 atom stereocenters. The molecule has 4 nitrogen and oxygen atoms in total. The Bertz CT molecular complexity index is 793. The topological polar surface area (TPSA) is 51.8 Å². The Morgan fingerprint density at radius 1 is 1.19 bits per heavy atom. The number of rotatable bonds is 3.